The normalized spacial score (nSPS) is 16.8. The zero-order valence-electron chi connectivity index (χ0n) is 14.7. The van der Waals surface area contributed by atoms with Crippen molar-refractivity contribution in [3.63, 3.8) is 0 Å². The van der Waals surface area contributed by atoms with Crippen molar-refractivity contribution in [1.82, 2.24) is 15.1 Å². The Hall–Kier alpha value is -2.08. The van der Waals surface area contributed by atoms with Crippen LogP contribution in [0.5, 0.6) is 0 Å². The van der Waals surface area contributed by atoms with E-state index < -0.39 is 0 Å². The van der Waals surface area contributed by atoms with Crippen LogP contribution in [0.3, 0.4) is 0 Å². The molecular formula is C18H27N3O3. The molecule has 1 aromatic rings. The molecular weight excluding hydrogens is 306 g/mol. The molecule has 1 N–H and O–H groups in total. The first-order valence-electron chi connectivity index (χ1n) is 8.46. The van der Waals surface area contributed by atoms with Crippen molar-refractivity contribution in [1.29, 1.82) is 0 Å². The van der Waals surface area contributed by atoms with Crippen LogP contribution in [-0.4, -0.2) is 61.6 Å². The van der Waals surface area contributed by atoms with Crippen LogP contribution in [-0.2, 0) is 9.53 Å². The fourth-order valence-electron chi connectivity index (χ4n) is 3.02. The Morgan fingerprint density at radius 3 is 2.42 bits per heavy atom. The van der Waals surface area contributed by atoms with Crippen molar-refractivity contribution < 1.29 is 14.3 Å². The second kappa shape index (κ2) is 8.68. The Bertz CT molecular complexity index is 540. The second-order valence-electron chi connectivity index (χ2n) is 6.25. The first kappa shape index (κ1) is 18.3. The molecule has 1 aliphatic heterocycles. The number of hydrogen-bond acceptors (Lipinski definition) is 4. The van der Waals surface area contributed by atoms with Gasteiger partial charge >= 0.3 is 6.09 Å². The van der Waals surface area contributed by atoms with Gasteiger partial charge in [0.2, 0.25) is 5.91 Å². The molecule has 6 nitrogen and oxygen atoms in total. The highest BCUT2D eigenvalue weighted by molar-refractivity contribution is 5.83. The van der Waals surface area contributed by atoms with Gasteiger partial charge in [-0.2, -0.15) is 0 Å². The third kappa shape index (κ3) is 4.71. The van der Waals surface area contributed by atoms with E-state index in [0.29, 0.717) is 19.7 Å². The minimum atomic E-state index is -0.311. The highest BCUT2D eigenvalue weighted by Gasteiger charge is 2.28. The van der Waals surface area contributed by atoms with Gasteiger partial charge in [-0.05, 0) is 39.4 Å². The van der Waals surface area contributed by atoms with Crippen molar-refractivity contribution in [2.45, 2.75) is 31.8 Å². The van der Waals surface area contributed by atoms with E-state index in [1.54, 1.807) is 11.8 Å². The van der Waals surface area contributed by atoms with Crippen molar-refractivity contribution in [3.8, 4) is 0 Å². The highest BCUT2D eigenvalue weighted by atomic mass is 16.6. The van der Waals surface area contributed by atoms with E-state index in [1.807, 2.05) is 49.3 Å². The number of hydrogen-bond donors (Lipinski definition) is 1. The topological polar surface area (TPSA) is 61.9 Å². The van der Waals surface area contributed by atoms with E-state index in [2.05, 4.69) is 5.32 Å². The monoisotopic (exact) mass is 333 g/mol. The fraction of sp³-hybridized carbons (Fsp3) is 0.556. The zero-order chi connectivity index (χ0) is 17.5. The molecule has 2 rings (SSSR count). The smallest absolute Gasteiger partial charge is 0.409 e. The SMILES string of the molecule is CCOC(=O)N1CCC(NC(=O)C(c2ccccc2)N(C)C)CC1. The number of nitrogens with zero attached hydrogens (tertiary/aromatic N) is 2. The lowest BCUT2D eigenvalue weighted by atomic mass is 10.0. The Morgan fingerprint density at radius 2 is 1.88 bits per heavy atom. The molecule has 0 bridgehead atoms. The van der Waals surface area contributed by atoms with Crippen LogP contribution >= 0.6 is 0 Å². The van der Waals surface area contributed by atoms with E-state index >= 15 is 0 Å². The maximum atomic E-state index is 12.7. The number of likely N-dealkylation sites (N-methyl/N-ethyl adjacent to an activating group) is 1. The van der Waals surface area contributed by atoms with Crippen LogP contribution in [0.25, 0.3) is 0 Å². The first-order chi connectivity index (χ1) is 11.5. The average Bonchev–Trinajstić information content (AvgIpc) is 2.56. The van der Waals surface area contributed by atoms with Gasteiger partial charge in [-0.15, -0.1) is 0 Å². The minimum absolute atomic E-state index is 0.000727. The van der Waals surface area contributed by atoms with Gasteiger partial charge in [-0.25, -0.2) is 4.79 Å². The molecule has 0 saturated carbocycles. The standard InChI is InChI=1S/C18H27N3O3/c1-4-24-18(23)21-12-10-15(11-13-21)19-17(22)16(20(2)3)14-8-6-5-7-9-14/h5-9,15-16H,4,10-13H2,1-3H3,(H,19,22). The second-order valence-corrected chi connectivity index (χ2v) is 6.25. The zero-order valence-corrected chi connectivity index (χ0v) is 14.7. The van der Waals surface area contributed by atoms with Crippen LogP contribution in [0, 0.1) is 0 Å². The van der Waals surface area contributed by atoms with Gasteiger partial charge < -0.3 is 15.0 Å². The highest BCUT2D eigenvalue weighted by Crippen LogP contribution is 2.19. The van der Waals surface area contributed by atoms with Gasteiger partial charge in [-0.3, -0.25) is 9.69 Å². The van der Waals surface area contributed by atoms with Gasteiger partial charge in [0.1, 0.15) is 6.04 Å². The number of rotatable bonds is 5. The minimum Gasteiger partial charge on any atom is -0.450 e. The Morgan fingerprint density at radius 1 is 1.25 bits per heavy atom. The van der Waals surface area contributed by atoms with Gasteiger partial charge in [-0.1, -0.05) is 30.3 Å². The predicted molar refractivity (Wildman–Crippen MR) is 92.6 cm³/mol. The molecule has 1 atom stereocenters. The third-order valence-electron chi connectivity index (χ3n) is 4.25. The molecule has 6 heteroatoms. The molecule has 0 radical (unpaired) electrons. The lowest BCUT2D eigenvalue weighted by molar-refractivity contribution is -0.126. The number of piperidine rings is 1. The van der Waals surface area contributed by atoms with Crippen LogP contribution in [0.2, 0.25) is 0 Å². The van der Waals surface area contributed by atoms with Crippen molar-refractivity contribution in [3.05, 3.63) is 35.9 Å². The number of carbonyl (C=O) groups is 2. The molecule has 24 heavy (non-hydrogen) atoms. The largest absolute Gasteiger partial charge is 0.450 e. The van der Waals surface area contributed by atoms with Gasteiger partial charge in [0.05, 0.1) is 6.61 Å². The quantitative estimate of drug-likeness (QED) is 0.895. The van der Waals surface area contributed by atoms with Gasteiger partial charge in [0.15, 0.2) is 0 Å². The number of ether oxygens (including phenoxy) is 1. The van der Waals surface area contributed by atoms with Gasteiger partial charge in [0.25, 0.3) is 0 Å². The van der Waals surface area contributed by atoms with E-state index in [0.717, 1.165) is 18.4 Å². The maximum Gasteiger partial charge on any atom is 0.409 e. The van der Waals surface area contributed by atoms with Crippen LogP contribution in [0.15, 0.2) is 30.3 Å². The van der Waals surface area contributed by atoms with Crippen LogP contribution < -0.4 is 5.32 Å². The lowest BCUT2D eigenvalue weighted by Crippen LogP contribution is -2.49. The first-order valence-corrected chi connectivity index (χ1v) is 8.46. The molecule has 1 fully saturated rings. The summed E-state index contributed by atoms with van der Waals surface area (Å²) in [4.78, 5) is 28.0. The van der Waals surface area contributed by atoms with Gasteiger partial charge in [0, 0.05) is 19.1 Å². The van der Waals surface area contributed by atoms with Crippen molar-refractivity contribution in [2.75, 3.05) is 33.8 Å². The number of amides is 2. The maximum absolute atomic E-state index is 12.7. The molecule has 2 amide bonds. The lowest BCUT2D eigenvalue weighted by Gasteiger charge is -2.33. The molecule has 1 heterocycles. The molecule has 1 unspecified atom stereocenters. The van der Waals surface area contributed by atoms with Crippen molar-refractivity contribution >= 4 is 12.0 Å². The summed E-state index contributed by atoms with van der Waals surface area (Å²) >= 11 is 0. The van der Waals surface area contributed by atoms with Crippen LogP contribution in [0.4, 0.5) is 4.79 Å². The Balaban J connectivity index is 1.91. The van der Waals surface area contributed by atoms with E-state index in [1.165, 1.54) is 0 Å². The molecule has 0 aliphatic carbocycles. The molecule has 1 aliphatic rings. The summed E-state index contributed by atoms with van der Waals surface area (Å²) in [7, 11) is 3.81. The van der Waals surface area contributed by atoms with E-state index in [-0.39, 0.29) is 24.1 Å². The summed E-state index contributed by atoms with van der Waals surface area (Å²) in [5.74, 6) is 0.000727. The Kier molecular flexibility index (Phi) is 6.61. The van der Waals surface area contributed by atoms with E-state index in [9.17, 15) is 9.59 Å². The van der Waals surface area contributed by atoms with Crippen LogP contribution in [0.1, 0.15) is 31.4 Å². The summed E-state index contributed by atoms with van der Waals surface area (Å²) in [6.07, 6.45) is 1.23. The number of carbonyl (C=O) groups excluding carboxylic acids is 2. The molecule has 1 saturated heterocycles. The van der Waals surface area contributed by atoms with E-state index in [4.69, 9.17) is 4.74 Å². The average molecular weight is 333 g/mol. The molecule has 1 aromatic carbocycles. The number of likely N-dealkylation sites (tertiary alicyclic amines) is 1. The van der Waals surface area contributed by atoms with Crippen molar-refractivity contribution in [2.24, 2.45) is 0 Å². The predicted octanol–water partition coefficient (Wildman–Crippen LogP) is 2.03. The Labute approximate surface area is 143 Å². The number of nitrogens with one attached hydrogen (secondary N) is 1. The third-order valence-corrected chi connectivity index (χ3v) is 4.25. The summed E-state index contributed by atoms with van der Waals surface area (Å²) in [6, 6.07) is 9.54. The summed E-state index contributed by atoms with van der Waals surface area (Å²) in [5.41, 5.74) is 0.976. The number of benzene rings is 1. The fourth-order valence-corrected chi connectivity index (χ4v) is 3.02. The molecule has 0 aromatic heterocycles. The summed E-state index contributed by atoms with van der Waals surface area (Å²) in [5, 5.41) is 3.13. The summed E-state index contributed by atoms with van der Waals surface area (Å²) < 4.78 is 5.02. The molecule has 132 valence electrons. The summed E-state index contributed by atoms with van der Waals surface area (Å²) in [6.45, 7) is 3.41. The molecule has 0 spiro atoms.